The van der Waals surface area contributed by atoms with Gasteiger partial charge in [-0.25, -0.2) is 13.8 Å². The fourth-order valence-corrected chi connectivity index (χ4v) is 3.88. The largest absolute Gasteiger partial charge is 0.433 e. The molecule has 0 fully saturated rings. The normalized spacial score (nSPS) is 11.7. The number of carbonyl (C=O) groups excluding carboxylic acids is 1. The van der Waals surface area contributed by atoms with Gasteiger partial charge in [0, 0.05) is 19.2 Å². The second kappa shape index (κ2) is 9.54. The highest BCUT2D eigenvalue weighted by Crippen LogP contribution is 2.18. The Labute approximate surface area is 184 Å². The molecular formula is C21H20N4O6S. The van der Waals surface area contributed by atoms with Gasteiger partial charge >= 0.3 is 5.88 Å². The second-order valence-corrected chi connectivity index (χ2v) is 8.95. The fraction of sp³-hybridized carbons (Fsp3) is 0.143. The van der Waals surface area contributed by atoms with E-state index in [4.69, 9.17) is 4.42 Å². The summed E-state index contributed by atoms with van der Waals surface area (Å²) in [6.07, 6.45) is 1.14. The molecule has 32 heavy (non-hydrogen) atoms. The van der Waals surface area contributed by atoms with E-state index in [1.165, 1.54) is 23.5 Å². The van der Waals surface area contributed by atoms with Crippen LogP contribution in [0.4, 0.5) is 5.88 Å². The number of aryl methyl sites for hydroxylation is 1. The van der Waals surface area contributed by atoms with Crippen molar-refractivity contribution in [2.45, 2.75) is 18.4 Å². The zero-order chi connectivity index (χ0) is 23.3. The van der Waals surface area contributed by atoms with Crippen LogP contribution in [-0.2, 0) is 16.6 Å². The molecule has 0 saturated carbocycles. The molecule has 0 saturated heterocycles. The number of nitrogens with one attached hydrogen (secondary N) is 1. The van der Waals surface area contributed by atoms with Crippen molar-refractivity contribution in [2.75, 3.05) is 7.05 Å². The van der Waals surface area contributed by atoms with Crippen molar-refractivity contribution < 1.29 is 22.6 Å². The van der Waals surface area contributed by atoms with Gasteiger partial charge in [-0.3, -0.25) is 14.9 Å². The van der Waals surface area contributed by atoms with Crippen molar-refractivity contribution in [3.63, 3.8) is 0 Å². The lowest BCUT2D eigenvalue weighted by Gasteiger charge is -2.17. The number of carbonyl (C=O) groups is 1. The first kappa shape index (κ1) is 22.8. The quantitative estimate of drug-likeness (QED) is 0.314. The van der Waals surface area contributed by atoms with Crippen LogP contribution in [0.15, 0.2) is 75.1 Å². The third-order valence-electron chi connectivity index (χ3n) is 4.50. The SMILES string of the molecule is Cc1ccc(S(=O)(=O)N(C)Cc2ccc(C(=O)NN=Cc3ccc([N+](=O)[O-])o3)cc2)cc1. The summed E-state index contributed by atoms with van der Waals surface area (Å²) in [6, 6.07) is 15.5. The molecule has 2 aromatic carbocycles. The summed E-state index contributed by atoms with van der Waals surface area (Å²) in [5.74, 6) is -0.817. The molecule has 1 heterocycles. The van der Waals surface area contributed by atoms with Crippen molar-refractivity contribution in [3.05, 3.63) is 93.2 Å². The van der Waals surface area contributed by atoms with Crippen LogP contribution in [-0.4, -0.2) is 36.8 Å². The highest BCUT2D eigenvalue weighted by molar-refractivity contribution is 7.89. The summed E-state index contributed by atoms with van der Waals surface area (Å²) in [5.41, 5.74) is 4.26. The smallest absolute Gasteiger partial charge is 0.400 e. The van der Waals surface area contributed by atoms with Gasteiger partial charge in [-0.15, -0.1) is 0 Å². The molecule has 0 bridgehead atoms. The van der Waals surface area contributed by atoms with Crippen LogP contribution in [0.3, 0.4) is 0 Å². The Kier molecular flexibility index (Phi) is 6.81. The fourth-order valence-electron chi connectivity index (χ4n) is 2.72. The first-order valence-corrected chi connectivity index (χ1v) is 10.8. The minimum atomic E-state index is -3.64. The molecule has 3 aromatic rings. The third kappa shape index (κ3) is 5.45. The molecular weight excluding hydrogens is 436 g/mol. The van der Waals surface area contributed by atoms with E-state index in [2.05, 4.69) is 10.5 Å². The highest BCUT2D eigenvalue weighted by atomic mass is 32.2. The van der Waals surface area contributed by atoms with Crippen molar-refractivity contribution in [1.82, 2.24) is 9.73 Å². The predicted octanol–water partition coefficient (Wildman–Crippen LogP) is 3.08. The van der Waals surface area contributed by atoms with Crippen LogP contribution in [0.1, 0.15) is 27.2 Å². The lowest BCUT2D eigenvalue weighted by atomic mass is 10.1. The Morgan fingerprint density at radius 2 is 1.78 bits per heavy atom. The molecule has 1 amide bonds. The maximum atomic E-state index is 12.7. The summed E-state index contributed by atoms with van der Waals surface area (Å²) >= 11 is 0. The summed E-state index contributed by atoms with van der Waals surface area (Å²) in [4.78, 5) is 22.3. The van der Waals surface area contributed by atoms with Crippen molar-refractivity contribution >= 4 is 28.0 Å². The van der Waals surface area contributed by atoms with E-state index in [9.17, 15) is 23.3 Å². The number of hydrazone groups is 1. The molecule has 0 unspecified atom stereocenters. The third-order valence-corrected chi connectivity index (χ3v) is 6.32. The number of rotatable bonds is 8. The first-order valence-electron chi connectivity index (χ1n) is 9.36. The molecule has 11 heteroatoms. The number of benzene rings is 2. The molecule has 0 aliphatic heterocycles. The highest BCUT2D eigenvalue weighted by Gasteiger charge is 2.20. The van der Waals surface area contributed by atoms with Gasteiger partial charge in [0.25, 0.3) is 5.91 Å². The number of amides is 1. The van der Waals surface area contributed by atoms with Crippen LogP contribution in [0.5, 0.6) is 0 Å². The van der Waals surface area contributed by atoms with Crippen molar-refractivity contribution in [2.24, 2.45) is 5.10 Å². The minimum absolute atomic E-state index is 0.116. The molecule has 1 aromatic heterocycles. The maximum Gasteiger partial charge on any atom is 0.433 e. The van der Waals surface area contributed by atoms with E-state index >= 15 is 0 Å². The number of nitro groups is 1. The zero-order valence-corrected chi connectivity index (χ0v) is 18.1. The number of hydrogen-bond donors (Lipinski definition) is 1. The topological polar surface area (TPSA) is 135 Å². The Bertz CT molecular complexity index is 1250. The van der Waals surface area contributed by atoms with Gasteiger partial charge in [-0.2, -0.15) is 9.41 Å². The van der Waals surface area contributed by atoms with Crippen LogP contribution >= 0.6 is 0 Å². The monoisotopic (exact) mass is 456 g/mol. The van der Waals surface area contributed by atoms with Gasteiger partial charge in [-0.05, 0) is 42.8 Å². The second-order valence-electron chi connectivity index (χ2n) is 6.90. The lowest BCUT2D eigenvalue weighted by Crippen LogP contribution is -2.26. The van der Waals surface area contributed by atoms with Crippen LogP contribution in [0.2, 0.25) is 0 Å². The molecule has 0 radical (unpaired) electrons. The number of furan rings is 1. The minimum Gasteiger partial charge on any atom is -0.400 e. The number of nitrogens with zero attached hydrogens (tertiary/aromatic N) is 3. The average Bonchev–Trinajstić information content (AvgIpc) is 3.24. The molecule has 166 valence electrons. The van der Waals surface area contributed by atoms with Gasteiger partial charge in [-0.1, -0.05) is 29.8 Å². The van der Waals surface area contributed by atoms with Crippen LogP contribution < -0.4 is 5.43 Å². The van der Waals surface area contributed by atoms with Gasteiger partial charge in [0.2, 0.25) is 10.0 Å². The number of sulfonamides is 1. The van der Waals surface area contributed by atoms with Gasteiger partial charge < -0.3 is 4.42 Å². The predicted molar refractivity (Wildman–Crippen MR) is 117 cm³/mol. The molecule has 3 rings (SSSR count). The van der Waals surface area contributed by atoms with Crippen LogP contribution in [0.25, 0.3) is 0 Å². The summed E-state index contributed by atoms with van der Waals surface area (Å²) in [7, 11) is -2.15. The van der Waals surface area contributed by atoms with E-state index in [1.807, 2.05) is 6.92 Å². The van der Waals surface area contributed by atoms with Crippen LogP contribution in [0, 0.1) is 17.0 Å². The Morgan fingerprint density at radius 3 is 2.38 bits per heavy atom. The Hall–Kier alpha value is -3.83. The first-order chi connectivity index (χ1) is 15.2. The van der Waals surface area contributed by atoms with E-state index in [0.717, 1.165) is 11.8 Å². The van der Waals surface area contributed by atoms with Crippen molar-refractivity contribution in [1.29, 1.82) is 0 Å². The molecule has 10 nitrogen and oxygen atoms in total. The molecule has 0 spiro atoms. The Balaban J connectivity index is 1.60. The van der Waals surface area contributed by atoms with E-state index in [1.54, 1.807) is 48.5 Å². The summed E-state index contributed by atoms with van der Waals surface area (Å²) in [6.45, 7) is 2.01. The molecule has 0 aliphatic rings. The van der Waals surface area contributed by atoms with Crippen molar-refractivity contribution in [3.8, 4) is 0 Å². The van der Waals surface area contributed by atoms with Gasteiger partial charge in [0.05, 0.1) is 17.2 Å². The summed E-state index contributed by atoms with van der Waals surface area (Å²) in [5, 5.41) is 14.3. The molecule has 1 N–H and O–H groups in total. The molecule has 0 atom stereocenters. The molecule has 0 aliphatic carbocycles. The standard InChI is InChI=1S/C21H20N4O6S/c1-15-3-10-19(11-4-15)32(29,30)24(2)14-16-5-7-17(8-6-16)21(26)23-22-13-18-9-12-20(31-18)25(27)28/h3-13H,14H2,1-2H3,(H,23,26). The summed E-state index contributed by atoms with van der Waals surface area (Å²) < 4.78 is 31.5. The van der Waals surface area contributed by atoms with Gasteiger partial charge in [0.15, 0.2) is 5.76 Å². The lowest BCUT2D eigenvalue weighted by molar-refractivity contribution is -0.402. The van der Waals surface area contributed by atoms with E-state index in [-0.39, 0.29) is 17.2 Å². The average molecular weight is 456 g/mol. The van der Waals surface area contributed by atoms with E-state index < -0.39 is 26.7 Å². The zero-order valence-electron chi connectivity index (χ0n) is 17.3. The maximum absolute atomic E-state index is 12.7. The van der Waals surface area contributed by atoms with Gasteiger partial charge in [0.1, 0.15) is 4.92 Å². The van der Waals surface area contributed by atoms with E-state index in [0.29, 0.717) is 11.1 Å². The Morgan fingerprint density at radius 1 is 1.12 bits per heavy atom. The number of hydrogen-bond acceptors (Lipinski definition) is 7.